The average molecular weight is 374 g/mol. The van der Waals surface area contributed by atoms with Crippen molar-refractivity contribution in [3.63, 3.8) is 0 Å². The van der Waals surface area contributed by atoms with Crippen LogP contribution in [0.25, 0.3) is 0 Å². The molecule has 1 amide bonds. The maximum Gasteiger partial charge on any atom is 0.272 e. The van der Waals surface area contributed by atoms with Gasteiger partial charge in [0.05, 0.1) is 11.9 Å². The second kappa shape index (κ2) is 8.47. The summed E-state index contributed by atoms with van der Waals surface area (Å²) in [6, 6.07) is 13.5. The van der Waals surface area contributed by atoms with Gasteiger partial charge in [0.1, 0.15) is 11.5 Å². The van der Waals surface area contributed by atoms with E-state index < -0.39 is 0 Å². The zero-order chi connectivity index (χ0) is 19.2. The zero-order valence-electron chi connectivity index (χ0n) is 15.5. The van der Waals surface area contributed by atoms with Gasteiger partial charge in [-0.15, -0.1) is 0 Å². The molecule has 1 saturated heterocycles. The highest BCUT2D eigenvalue weighted by molar-refractivity contribution is 5.92. The van der Waals surface area contributed by atoms with Gasteiger partial charge < -0.3 is 15.1 Å². The van der Waals surface area contributed by atoms with Gasteiger partial charge in [0.2, 0.25) is 0 Å². The standard InChI is InChI=1S/C21H22N6O/c28-21(27-13-11-26(12-14-27)20-3-1-2-8-23-20)19-5-4-18(16-25-19)24-15-17-6-9-22-10-7-17/h1-10,16,24H,11-15H2. The fraction of sp³-hybridized carbons (Fsp3) is 0.238. The van der Waals surface area contributed by atoms with Gasteiger partial charge in [0.25, 0.3) is 5.91 Å². The highest BCUT2D eigenvalue weighted by atomic mass is 16.2. The van der Waals surface area contributed by atoms with E-state index in [-0.39, 0.29) is 5.91 Å². The van der Waals surface area contributed by atoms with Crippen molar-refractivity contribution in [2.75, 3.05) is 36.4 Å². The number of hydrogen-bond donors (Lipinski definition) is 1. The topological polar surface area (TPSA) is 74.2 Å². The van der Waals surface area contributed by atoms with E-state index in [9.17, 15) is 4.79 Å². The normalized spacial score (nSPS) is 14.0. The smallest absolute Gasteiger partial charge is 0.272 e. The van der Waals surface area contributed by atoms with E-state index in [2.05, 4.69) is 25.2 Å². The molecule has 0 radical (unpaired) electrons. The molecular weight excluding hydrogens is 352 g/mol. The van der Waals surface area contributed by atoms with E-state index in [1.807, 2.05) is 41.3 Å². The zero-order valence-corrected chi connectivity index (χ0v) is 15.5. The Balaban J connectivity index is 1.31. The van der Waals surface area contributed by atoms with Crippen LogP contribution in [0.1, 0.15) is 16.1 Å². The number of pyridine rings is 3. The van der Waals surface area contributed by atoms with E-state index in [4.69, 9.17) is 0 Å². The van der Waals surface area contributed by atoms with Crippen LogP contribution < -0.4 is 10.2 Å². The van der Waals surface area contributed by atoms with Crippen molar-refractivity contribution in [1.29, 1.82) is 0 Å². The van der Waals surface area contributed by atoms with Crippen molar-refractivity contribution in [2.24, 2.45) is 0 Å². The molecule has 4 heterocycles. The van der Waals surface area contributed by atoms with Gasteiger partial charge in [-0.2, -0.15) is 0 Å². The number of anilines is 2. The molecule has 1 aliphatic heterocycles. The Labute approximate surface area is 164 Å². The number of hydrogen-bond acceptors (Lipinski definition) is 6. The molecule has 142 valence electrons. The number of carbonyl (C=O) groups is 1. The Hall–Kier alpha value is -3.48. The summed E-state index contributed by atoms with van der Waals surface area (Å²) >= 11 is 0. The summed E-state index contributed by atoms with van der Waals surface area (Å²) in [5.41, 5.74) is 2.50. The number of nitrogens with zero attached hydrogens (tertiary/aromatic N) is 5. The van der Waals surface area contributed by atoms with E-state index >= 15 is 0 Å². The van der Waals surface area contributed by atoms with Crippen LogP contribution in [0.3, 0.4) is 0 Å². The van der Waals surface area contributed by atoms with Gasteiger partial charge in [-0.25, -0.2) is 9.97 Å². The monoisotopic (exact) mass is 374 g/mol. The molecule has 28 heavy (non-hydrogen) atoms. The van der Waals surface area contributed by atoms with Crippen molar-refractivity contribution in [3.05, 3.63) is 78.5 Å². The Bertz CT molecular complexity index is 893. The summed E-state index contributed by atoms with van der Waals surface area (Å²) in [4.78, 5) is 29.5. The Morgan fingerprint density at radius 3 is 2.43 bits per heavy atom. The second-order valence-corrected chi connectivity index (χ2v) is 6.61. The van der Waals surface area contributed by atoms with Crippen molar-refractivity contribution < 1.29 is 4.79 Å². The average Bonchev–Trinajstić information content (AvgIpc) is 2.79. The molecule has 1 fully saturated rings. The van der Waals surface area contributed by atoms with Crippen LogP contribution in [0, 0.1) is 0 Å². The van der Waals surface area contributed by atoms with E-state index in [0.29, 0.717) is 25.3 Å². The number of amides is 1. The predicted octanol–water partition coefficient (Wildman–Crippen LogP) is 2.45. The molecule has 4 rings (SSSR count). The molecule has 3 aromatic heterocycles. The summed E-state index contributed by atoms with van der Waals surface area (Å²) in [7, 11) is 0. The summed E-state index contributed by atoms with van der Waals surface area (Å²) in [5.74, 6) is 0.929. The van der Waals surface area contributed by atoms with Crippen LogP contribution in [-0.4, -0.2) is 51.9 Å². The van der Waals surface area contributed by atoms with Gasteiger partial charge in [0, 0.05) is 51.3 Å². The molecule has 0 aliphatic carbocycles. The van der Waals surface area contributed by atoms with Gasteiger partial charge in [0.15, 0.2) is 0 Å². The third-order valence-corrected chi connectivity index (χ3v) is 4.77. The first-order valence-electron chi connectivity index (χ1n) is 9.34. The lowest BCUT2D eigenvalue weighted by atomic mass is 10.2. The molecule has 7 nitrogen and oxygen atoms in total. The van der Waals surface area contributed by atoms with E-state index in [0.717, 1.165) is 30.2 Å². The van der Waals surface area contributed by atoms with Crippen LogP contribution in [0.15, 0.2) is 67.3 Å². The summed E-state index contributed by atoms with van der Waals surface area (Å²) in [6.07, 6.45) is 7.04. The summed E-state index contributed by atoms with van der Waals surface area (Å²) in [6.45, 7) is 3.56. The van der Waals surface area contributed by atoms with Gasteiger partial charge in [-0.1, -0.05) is 6.07 Å². The lowest BCUT2D eigenvalue weighted by molar-refractivity contribution is 0.0740. The van der Waals surface area contributed by atoms with Crippen LogP contribution in [-0.2, 0) is 6.54 Å². The Morgan fingerprint density at radius 1 is 0.929 bits per heavy atom. The molecule has 0 saturated carbocycles. The van der Waals surface area contributed by atoms with Crippen LogP contribution >= 0.6 is 0 Å². The molecule has 3 aromatic rings. The van der Waals surface area contributed by atoms with E-state index in [1.165, 1.54) is 0 Å². The van der Waals surface area contributed by atoms with Crippen LogP contribution in [0.2, 0.25) is 0 Å². The molecule has 0 spiro atoms. The van der Waals surface area contributed by atoms with Crippen molar-refractivity contribution in [1.82, 2.24) is 19.9 Å². The largest absolute Gasteiger partial charge is 0.380 e. The number of aromatic nitrogens is 3. The Morgan fingerprint density at radius 2 is 1.75 bits per heavy atom. The molecule has 0 atom stereocenters. The number of carbonyl (C=O) groups excluding carboxylic acids is 1. The van der Waals surface area contributed by atoms with Crippen molar-refractivity contribution in [2.45, 2.75) is 6.54 Å². The molecule has 1 aliphatic rings. The maximum absolute atomic E-state index is 12.7. The molecule has 7 heteroatoms. The fourth-order valence-corrected chi connectivity index (χ4v) is 3.17. The lowest BCUT2D eigenvalue weighted by Crippen LogP contribution is -2.49. The highest BCUT2D eigenvalue weighted by Crippen LogP contribution is 2.15. The van der Waals surface area contributed by atoms with Gasteiger partial charge in [-0.3, -0.25) is 9.78 Å². The molecule has 0 unspecified atom stereocenters. The quantitative estimate of drug-likeness (QED) is 0.739. The Kier molecular flexibility index (Phi) is 5.42. The number of piperazine rings is 1. The van der Waals surface area contributed by atoms with Crippen LogP contribution in [0.5, 0.6) is 0 Å². The first-order chi connectivity index (χ1) is 13.8. The first kappa shape index (κ1) is 17.9. The minimum atomic E-state index is -0.0265. The molecular formula is C21H22N6O. The predicted molar refractivity (Wildman–Crippen MR) is 108 cm³/mol. The molecule has 0 bridgehead atoms. The third kappa shape index (κ3) is 4.25. The lowest BCUT2D eigenvalue weighted by Gasteiger charge is -2.35. The van der Waals surface area contributed by atoms with Gasteiger partial charge in [-0.05, 0) is 42.0 Å². The van der Waals surface area contributed by atoms with Crippen molar-refractivity contribution >= 4 is 17.4 Å². The van der Waals surface area contributed by atoms with Gasteiger partial charge >= 0.3 is 0 Å². The van der Waals surface area contributed by atoms with Crippen LogP contribution in [0.4, 0.5) is 11.5 Å². The SMILES string of the molecule is O=C(c1ccc(NCc2ccncc2)cn1)N1CCN(c2ccccn2)CC1. The fourth-order valence-electron chi connectivity index (χ4n) is 3.17. The number of rotatable bonds is 5. The molecule has 0 aromatic carbocycles. The minimum absolute atomic E-state index is 0.0265. The summed E-state index contributed by atoms with van der Waals surface area (Å²) < 4.78 is 0. The summed E-state index contributed by atoms with van der Waals surface area (Å²) in [5, 5.41) is 3.30. The van der Waals surface area contributed by atoms with Crippen molar-refractivity contribution in [3.8, 4) is 0 Å². The molecule has 1 N–H and O–H groups in total. The minimum Gasteiger partial charge on any atom is -0.380 e. The maximum atomic E-state index is 12.7. The third-order valence-electron chi connectivity index (χ3n) is 4.77. The first-order valence-corrected chi connectivity index (χ1v) is 9.34. The highest BCUT2D eigenvalue weighted by Gasteiger charge is 2.23. The number of nitrogens with one attached hydrogen (secondary N) is 1. The van der Waals surface area contributed by atoms with E-state index in [1.54, 1.807) is 30.9 Å². The second-order valence-electron chi connectivity index (χ2n) is 6.61.